The first kappa shape index (κ1) is 35.6. The number of H-pyrrole nitrogens is 1. The van der Waals surface area contributed by atoms with E-state index in [4.69, 9.17) is 10.7 Å². The maximum absolute atomic E-state index is 15.7. The second-order valence-corrected chi connectivity index (χ2v) is 15.7. The van der Waals surface area contributed by atoms with E-state index < -0.39 is 28.9 Å². The Bertz CT molecular complexity index is 1870. The summed E-state index contributed by atoms with van der Waals surface area (Å²) < 4.78 is 31.0. The summed E-state index contributed by atoms with van der Waals surface area (Å²) in [7, 11) is 1.62. The molecule has 0 fully saturated rings. The number of hydrogen-bond acceptors (Lipinski definition) is 6. The third kappa shape index (κ3) is 7.78. The van der Waals surface area contributed by atoms with Gasteiger partial charge in [-0.3, -0.25) is 14.8 Å². The Morgan fingerprint density at radius 3 is 2.69 bits per heavy atom. The van der Waals surface area contributed by atoms with Crippen LogP contribution in [0, 0.1) is 23.0 Å². The van der Waals surface area contributed by atoms with Crippen LogP contribution in [0.5, 0.6) is 0 Å². The number of carboxylic acid groups (broad SMARTS) is 1. The lowest BCUT2D eigenvalue weighted by Crippen LogP contribution is -2.40. The van der Waals surface area contributed by atoms with Crippen LogP contribution in [-0.4, -0.2) is 51.3 Å². The first-order chi connectivity index (χ1) is 22.8. The quantitative estimate of drug-likeness (QED) is 0.198. The molecule has 0 spiro atoms. The topological polar surface area (TPSA) is 117 Å². The average molecular weight is 692 g/mol. The Hall–Kier alpha value is -3.70. The number of amidine groups is 2. The van der Waals surface area contributed by atoms with Crippen LogP contribution >= 0.6 is 23.5 Å². The van der Waals surface area contributed by atoms with Crippen molar-refractivity contribution in [2.24, 2.45) is 27.1 Å². The van der Waals surface area contributed by atoms with E-state index in [9.17, 15) is 9.90 Å². The van der Waals surface area contributed by atoms with Crippen molar-refractivity contribution < 1.29 is 18.7 Å². The molecule has 0 amide bonds. The molecule has 1 aliphatic rings. The van der Waals surface area contributed by atoms with Gasteiger partial charge in [0.25, 0.3) is 0 Å². The molecule has 1 unspecified atom stereocenters. The number of aliphatic carboxylic acids is 1. The lowest BCUT2D eigenvalue weighted by molar-refractivity contribution is -0.141. The summed E-state index contributed by atoms with van der Waals surface area (Å²) in [6.45, 7) is 8.29. The van der Waals surface area contributed by atoms with Crippen molar-refractivity contribution in [3.8, 4) is 0 Å². The van der Waals surface area contributed by atoms with Crippen LogP contribution in [-0.2, 0) is 23.1 Å². The third-order valence-corrected chi connectivity index (χ3v) is 11.8. The molecule has 5 rings (SSSR count). The number of halogens is 2. The number of nitrogens with two attached hydrogens (primary N) is 1. The third-order valence-electron chi connectivity index (χ3n) is 9.19. The Labute approximate surface area is 289 Å². The highest BCUT2D eigenvalue weighted by molar-refractivity contribution is 7.99. The Morgan fingerprint density at radius 1 is 1.15 bits per heavy atom. The number of aromatic amines is 1. The number of thioether (sulfide) groups is 1. The summed E-state index contributed by atoms with van der Waals surface area (Å²) in [5, 5.41) is 10.2. The molecule has 4 N–H and O–H groups in total. The number of benzene rings is 2. The van der Waals surface area contributed by atoms with Crippen LogP contribution in [0.25, 0.3) is 10.9 Å². The zero-order valence-electron chi connectivity index (χ0n) is 28.1. The molecule has 2 bridgehead atoms. The Balaban J connectivity index is 1.59. The smallest absolute Gasteiger partial charge is 0.306 e. The molecule has 0 saturated carbocycles. The summed E-state index contributed by atoms with van der Waals surface area (Å²) in [5.41, 5.74) is 9.55. The molecule has 2 atom stereocenters. The van der Waals surface area contributed by atoms with E-state index in [0.29, 0.717) is 40.5 Å². The molecular formula is C37H43F2N5O2S2. The minimum atomic E-state index is -0.889. The van der Waals surface area contributed by atoms with Gasteiger partial charge in [-0.25, -0.2) is 13.8 Å². The van der Waals surface area contributed by atoms with E-state index in [1.54, 1.807) is 38.5 Å². The highest BCUT2D eigenvalue weighted by atomic mass is 32.2. The number of carbonyl (C=O) groups is 1. The molecule has 1 aliphatic heterocycles. The van der Waals surface area contributed by atoms with Crippen LogP contribution < -0.4 is 5.73 Å². The molecule has 2 aromatic heterocycles. The van der Waals surface area contributed by atoms with Gasteiger partial charge in [-0.15, -0.1) is 0 Å². The standard InChI is InChI=1S/C37H43F2N5O2S2/c1-22(34(45)46)18-23-8-6-9-24(19-23)37(4)14-7-13-36(2,3)21-47-17-12-27-26-11-16-43-31(26)29(38)30(39)32(27)48-25-10-15-42-28(20-25)33(41-5)44-35(37)40/h6,8-11,15-16,19-20,22,43H,7,12-14,17-18,21H2,1-5H3,(H,45,46)(H2,40,41,44)/t22?,37-/m1/s1. The van der Waals surface area contributed by atoms with E-state index in [-0.39, 0.29) is 15.8 Å². The minimum Gasteiger partial charge on any atom is -0.481 e. The number of aliphatic imine (C=N–C) groups is 2. The summed E-state index contributed by atoms with van der Waals surface area (Å²) in [6, 6.07) is 13.3. The summed E-state index contributed by atoms with van der Waals surface area (Å²) >= 11 is 2.99. The second-order valence-electron chi connectivity index (χ2n) is 13.5. The summed E-state index contributed by atoms with van der Waals surface area (Å²) in [4.78, 5) is 29.2. The van der Waals surface area contributed by atoms with Gasteiger partial charge in [0, 0.05) is 35.1 Å². The van der Waals surface area contributed by atoms with E-state index in [1.807, 2.05) is 42.1 Å². The zero-order valence-corrected chi connectivity index (χ0v) is 29.7. The first-order valence-electron chi connectivity index (χ1n) is 16.2. The molecule has 48 heavy (non-hydrogen) atoms. The molecule has 3 heterocycles. The van der Waals surface area contributed by atoms with Crippen LogP contribution in [0.4, 0.5) is 8.78 Å². The molecule has 254 valence electrons. The largest absolute Gasteiger partial charge is 0.481 e. The molecule has 0 aliphatic carbocycles. The normalized spacial score (nSPS) is 20.8. The van der Waals surface area contributed by atoms with Gasteiger partial charge in [-0.05, 0) is 84.4 Å². The molecule has 0 saturated heterocycles. The predicted molar refractivity (Wildman–Crippen MR) is 194 cm³/mol. The van der Waals surface area contributed by atoms with Crippen molar-refractivity contribution >= 4 is 52.1 Å². The number of rotatable bonds is 4. The van der Waals surface area contributed by atoms with Gasteiger partial charge in [0.05, 0.1) is 16.3 Å². The fourth-order valence-electron chi connectivity index (χ4n) is 6.21. The maximum Gasteiger partial charge on any atom is 0.306 e. The minimum absolute atomic E-state index is 0.00805. The summed E-state index contributed by atoms with van der Waals surface area (Å²) in [5.74, 6) is -0.770. The van der Waals surface area contributed by atoms with Crippen molar-refractivity contribution in [1.29, 1.82) is 0 Å². The van der Waals surface area contributed by atoms with Gasteiger partial charge in [-0.2, -0.15) is 11.8 Å². The number of aromatic nitrogens is 2. The van der Waals surface area contributed by atoms with Crippen molar-refractivity contribution in [2.45, 2.75) is 75.0 Å². The zero-order chi connectivity index (χ0) is 34.6. The predicted octanol–water partition coefficient (Wildman–Crippen LogP) is 8.43. The maximum atomic E-state index is 15.7. The van der Waals surface area contributed by atoms with Crippen LogP contribution in [0.2, 0.25) is 0 Å². The lowest BCUT2D eigenvalue weighted by atomic mass is 9.74. The lowest BCUT2D eigenvalue weighted by Gasteiger charge is -2.32. The Morgan fingerprint density at radius 2 is 1.94 bits per heavy atom. The van der Waals surface area contributed by atoms with Crippen molar-refractivity contribution in [3.05, 3.63) is 88.9 Å². The first-order valence-corrected chi connectivity index (χ1v) is 18.1. The van der Waals surface area contributed by atoms with Gasteiger partial charge < -0.3 is 15.8 Å². The Kier molecular flexibility index (Phi) is 11.0. The van der Waals surface area contributed by atoms with Crippen LogP contribution in [0.15, 0.2) is 74.6 Å². The van der Waals surface area contributed by atoms with Gasteiger partial charge >= 0.3 is 5.97 Å². The van der Waals surface area contributed by atoms with E-state index >= 15 is 8.78 Å². The number of nitrogens with zero attached hydrogens (tertiary/aromatic N) is 3. The molecule has 11 heteroatoms. The molecular weight excluding hydrogens is 649 g/mol. The van der Waals surface area contributed by atoms with Crippen molar-refractivity contribution in [1.82, 2.24) is 9.97 Å². The van der Waals surface area contributed by atoms with Gasteiger partial charge in [0.2, 0.25) is 0 Å². The van der Waals surface area contributed by atoms with Gasteiger partial charge in [-0.1, -0.05) is 63.2 Å². The number of nitrogens with one attached hydrogen (secondary N) is 1. The van der Waals surface area contributed by atoms with E-state index in [0.717, 1.165) is 47.5 Å². The number of fused-ring (bicyclic) bond motifs is 5. The van der Waals surface area contributed by atoms with E-state index in [2.05, 4.69) is 35.7 Å². The van der Waals surface area contributed by atoms with Gasteiger partial charge in [0.15, 0.2) is 17.5 Å². The average Bonchev–Trinajstić information content (AvgIpc) is 3.55. The van der Waals surface area contributed by atoms with Crippen molar-refractivity contribution in [2.75, 3.05) is 18.6 Å². The fourth-order valence-corrected chi connectivity index (χ4v) is 8.45. The summed E-state index contributed by atoms with van der Waals surface area (Å²) in [6.07, 6.45) is 6.78. The number of hydrogen-bond donors (Lipinski definition) is 3. The van der Waals surface area contributed by atoms with Crippen LogP contribution in [0.1, 0.15) is 69.3 Å². The number of aryl methyl sites for hydroxylation is 1. The van der Waals surface area contributed by atoms with E-state index in [1.165, 1.54) is 11.8 Å². The monoisotopic (exact) mass is 691 g/mol. The van der Waals surface area contributed by atoms with Gasteiger partial charge in [0.1, 0.15) is 11.5 Å². The van der Waals surface area contributed by atoms with Crippen LogP contribution in [0.3, 0.4) is 0 Å². The number of pyridine rings is 1. The number of carboxylic acids is 1. The molecule has 7 nitrogen and oxygen atoms in total. The van der Waals surface area contributed by atoms with Crippen molar-refractivity contribution in [3.63, 3.8) is 0 Å². The molecule has 2 aromatic carbocycles. The molecule has 0 radical (unpaired) electrons. The SMILES string of the molecule is CN=C1N=C(N)[C@@](C)(c2cccc(CC(C)C(=O)O)c2)CCCC(C)(C)CSCCc2c(c(F)c(F)c3[nH]ccc23)Sc2ccnc1c2. The second kappa shape index (κ2) is 14.8. The highest BCUT2D eigenvalue weighted by Gasteiger charge is 2.33. The fraction of sp³-hybridized carbons (Fsp3) is 0.405. The highest BCUT2D eigenvalue weighted by Crippen LogP contribution is 2.40. The molecule has 4 aromatic rings.